The number of amides is 1. The summed E-state index contributed by atoms with van der Waals surface area (Å²) >= 11 is 0. The number of fused-ring (bicyclic) bond motifs is 2. The van der Waals surface area contributed by atoms with E-state index in [0.717, 1.165) is 28.4 Å². The van der Waals surface area contributed by atoms with Crippen LogP contribution in [0.15, 0.2) is 35.4 Å². The summed E-state index contributed by atoms with van der Waals surface area (Å²) in [6, 6.07) is 1.03. The van der Waals surface area contributed by atoms with Crippen LogP contribution in [0.4, 0.5) is 9.18 Å². The van der Waals surface area contributed by atoms with Gasteiger partial charge in [-0.2, -0.15) is 0 Å². The van der Waals surface area contributed by atoms with E-state index in [0.29, 0.717) is 65.7 Å². The van der Waals surface area contributed by atoms with Crippen molar-refractivity contribution in [1.82, 2.24) is 14.8 Å². The molecule has 1 aromatic carbocycles. The fraction of sp³-hybridized carbons (Fsp3) is 0.387. The lowest BCUT2D eigenvalue weighted by Crippen LogP contribution is -2.35. The molecule has 9 nitrogen and oxygen atoms in total. The van der Waals surface area contributed by atoms with Gasteiger partial charge in [-0.05, 0) is 54.5 Å². The zero-order valence-corrected chi connectivity index (χ0v) is 23.6. The van der Waals surface area contributed by atoms with Gasteiger partial charge in [0.15, 0.2) is 0 Å². The van der Waals surface area contributed by atoms with Crippen molar-refractivity contribution in [2.24, 2.45) is 5.92 Å². The Balaban J connectivity index is 1.70. The number of aromatic nitrogens is 1. The van der Waals surface area contributed by atoms with E-state index in [2.05, 4.69) is 6.58 Å². The third kappa shape index (κ3) is 4.71. The molecule has 1 aromatic heterocycles. The molecule has 0 bridgehead atoms. The van der Waals surface area contributed by atoms with Crippen molar-refractivity contribution in [1.29, 1.82) is 0 Å². The molecule has 0 saturated heterocycles. The van der Waals surface area contributed by atoms with E-state index in [1.54, 1.807) is 14.0 Å². The molecule has 10 heteroatoms. The molecule has 0 spiro atoms. The number of ether oxygens (including phenoxy) is 2. The zero-order chi connectivity index (χ0) is 29.6. The van der Waals surface area contributed by atoms with Gasteiger partial charge in [0.2, 0.25) is 0 Å². The highest BCUT2D eigenvalue weighted by molar-refractivity contribution is 5.94. The van der Waals surface area contributed by atoms with Crippen LogP contribution in [0.3, 0.4) is 0 Å². The zero-order valence-electron chi connectivity index (χ0n) is 23.6. The summed E-state index contributed by atoms with van der Waals surface area (Å²) in [4.78, 5) is 56.8. The van der Waals surface area contributed by atoms with E-state index in [4.69, 9.17) is 14.5 Å². The Morgan fingerprint density at radius 2 is 2.10 bits per heavy atom. The van der Waals surface area contributed by atoms with Gasteiger partial charge < -0.3 is 19.3 Å². The monoisotopic (exact) mass is 561 g/mol. The number of benzene rings is 1. The van der Waals surface area contributed by atoms with Gasteiger partial charge in [-0.3, -0.25) is 14.4 Å². The van der Waals surface area contributed by atoms with Gasteiger partial charge in [-0.25, -0.2) is 14.2 Å². The lowest BCUT2D eigenvalue weighted by Gasteiger charge is -2.34. The fourth-order valence-corrected chi connectivity index (χ4v) is 6.12. The van der Waals surface area contributed by atoms with Crippen molar-refractivity contribution in [2.45, 2.75) is 45.7 Å². The number of aryl methyl sites for hydroxylation is 1. The molecule has 1 amide bonds. The van der Waals surface area contributed by atoms with Gasteiger partial charge in [0.05, 0.1) is 28.9 Å². The van der Waals surface area contributed by atoms with Crippen LogP contribution in [0.5, 0.6) is 0 Å². The number of carbonyl (C=O) groups excluding carboxylic acids is 4. The van der Waals surface area contributed by atoms with E-state index < -0.39 is 18.1 Å². The first-order valence-electron chi connectivity index (χ1n) is 13.6. The number of allylic oxidation sites excluding steroid dienone is 1. The van der Waals surface area contributed by atoms with Crippen LogP contribution in [-0.2, 0) is 36.8 Å². The third-order valence-corrected chi connectivity index (χ3v) is 8.34. The van der Waals surface area contributed by atoms with E-state index in [-0.39, 0.29) is 30.6 Å². The van der Waals surface area contributed by atoms with Gasteiger partial charge in [-0.15, -0.1) is 0 Å². The van der Waals surface area contributed by atoms with Crippen LogP contribution < -0.4 is 0 Å². The second kappa shape index (κ2) is 10.9. The van der Waals surface area contributed by atoms with Crippen LogP contribution in [0.1, 0.15) is 53.8 Å². The van der Waals surface area contributed by atoms with Gasteiger partial charge in [0.25, 0.3) is 0 Å². The molecule has 0 N–H and O–H groups in total. The lowest BCUT2D eigenvalue weighted by atomic mass is 9.81. The molecule has 214 valence electrons. The largest absolute Gasteiger partial charge is 0.460 e. The quantitative estimate of drug-likeness (QED) is 0.279. The number of hydrogen-bond donors (Lipinski definition) is 0. The Hall–Kier alpha value is -4.34. The summed E-state index contributed by atoms with van der Waals surface area (Å²) in [7, 11) is 3.54. The van der Waals surface area contributed by atoms with Crippen molar-refractivity contribution >= 4 is 41.2 Å². The average molecular weight is 562 g/mol. The molecular weight excluding hydrogens is 529 g/mol. The minimum atomic E-state index is -0.603. The highest BCUT2D eigenvalue weighted by Crippen LogP contribution is 2.47. The first-order chi connectivity index (χ1) is 19.6. The van der Waals surface area contributed by atoms with Crippen molar-refractivity contribution < 1.29 is 33.0 Å². The lowest BCUT2D eigenvalue weighted by molar-refractivity contribution is -0.147. The maximum absolute atomic E-state index is 15.1. The molecule has 3 heterocycles. The number of pyridine rings is 1. The summed E-state index contributed by atoms with van der Waals surface area (Å²) < 4.78 is 25.6. The van der Waals surface area contributed by atoms with E-state index >= 15 is 4.39 Å². The normalized spacial score (nSPS) is 20.7. The summed E-state index contributed by atoms with van der Waals surface area (Å²) in [5.41, 5.74) is 6.10. The number of nitrogens with zero attached hydrogens (tertiary/aromatic N) is 3. The van der Waals surface area contributed by atoms with Crippen LogP contribution in [0.25, 0.3) is 16.6 Å². The predicted molar refractivity (Wildman–Crippen MR) is 149 cm³/mol. The summed E-state index contributed by atoms with van der Waals surface area (Å²) in [5.74, 6) is -1.32. The van der Waals surface area contributed by atoms with E-state index in [1.165, 1.54) is 11.0 Å². The highest BCUT2D eigenvalue weighted by atomic mass is 19.1. The minimum Gasteiger partial charge on any atom is -0.460 e. The number of cyclic esters (lactones) is 1. The van der Waals surface area contributed by atoms with Crippen LogP contribution in [-0.4, -0.2) is 66.7 Å². The third-order valence-electron chi connectivity index (χ3n) is 8.34. The molecule has 2 unspecified atom stereocenters. The Kier molecular flexibility index (Phi) is 7.50. The Morgan fingerprint density at radius 3 is 2.78 bits per heavy atom. The van der Waals surface area contributed by atoms with Gasteiger partial charge >= 0.3 is 12.1 Å². The van der Waals surface area contributed by atoms with Crippen molar-refractivity contribution in [3.8, 4) is 0 Å². The number of esters is 1. The maximum Gasteiger partial charge on any atom is 0.410 e. The van der Waals surface area contributed by atoms with Gasteiger partial charge in [0, 0.05) is 48.8 Å². The topological polar surface area (TPSA) is 106 Å². The van der Waals surface area contributed by atoms with E-state index in [1.807, 2.05) is 24.9 Å². The Morgan fingerprint density at radius 1 is 1.34 bits per heavy atom. The summed E-state index contributed by atoms with van der Waals surface area (Å²) in [5, 5.41) is 0.825. The average Bonchev–Trinajstić information content (AvgIpc) is 3.28. The molecular formula is C31H32FN3O6. The fourth-order valence-electron chi connectivity index (χ4n) is 6.12. The number of carbonyl (C=O) groups is 4. The summed E-state index contributed by atoms with van der Waals surface area (Å²) in [6.07, 6.45) is 4.03. The van der Waals surface area contributed by atoms with E-state index in [9.17, 15) is 19.2 Å². The maximum atomic E-state index is 15.1. The molecule has 1 aliphatic carbocycles. The molecule has 2 aromatic rings. The van der Waals surface area contributed by atoms with Crippen LogP contribution in [0.2, 0.25) is 0 Å². The smallest absolute Gasteiger partial charge is 0.410 e. The van der Waals surface area contributed by atoms with Crippen molar-refractivity contribution in [2.75, 3.05) is 27.3 Å². The first-order valence-corrected chi connectivity index (χ1v) is 13.6. The second-order valence-corrected chi connectivity index (χ2v) is 10.8. The summed E-state index contributed by atoms with van der Waals surface area (Å²) in [6.45, 7) is 7.33. The van der Waals surface area contributed by atoms with Crippen LogP contribution in [0, 0.1) is 18.7 Å². The molecule has 2 atom stereocenters. The Bertz CT molecular complexity index is 1580. The van der Waals surface area contributed by atoms with Crippen LogP contribution >= 0.6 is 0 Å². The first kappa shape index (κ1) is 28.2. The molecule has 0 fully saturated rings. The Labute approximate surface area is 237 Å². The standard InChI is InChI=1S/C31H32FN3O6/c1-6-19-21(18(13-37)15-40-30(19)38)9-26-29-22(11-34(26)4)28-25(35(5)31(39)41-14-16(2)12-36)8-7-20-17(3)23(32)10-24(33-29)27(20)28/h9-10,12-13,19,25H,2,6-8,11,14-15H2,1,3-5H3/b26-9-. The van der Waals surface area contributed by atoms with Gasteiger partial charge in [-0.1, -0.05) is 13.5 Å². The molecule has 0 radical (unpaired) electrons. The highest BCUT2D eigenvalue weighted by Gasteiger charge is 2.38. The number of halogens is 1. The second-order valence-electron chi connectivity index (χ2n) is 10.8. The molecule has 5 rings (SSSR count). The minimum absolute atomic E-state index is 0.0930. The molecule has 0 saturated carbocycles. The molecule has 2 aliphatic heterocycles. The van der Waals surface area contributed by atoms with Crippen molar-refractivity contribution in [3.05, 3.63) is 69.2 Å². The molecule has 3 aliphatic rings. The van der Waals surface area contributed by atoms with Gasteiger partial charge in [0.1, 0.15) is 31.6 Å². The predicted octanol–water partition coefficient (Wildman–Crippen LogP) is 4.36. The SMILES string of the molecule is C=C(C=O)COC(=O)N(C)C1CCc2c(C)c(F)cc3nc4c(c1c23)CN(C)/C4=C\C1=C(C=O)COC(=O)C1CC. The number of rotatable bonds is 7. The number of aldehydes is 2. The molecule has 41 heavy (non-hydrogen) atoms. The van der Waals surface area contributed by atoms with Crippen molar-refractivity contribution in [3.63, 3.8) is 0 Å². The number of hydrogen-bond acceptors (Lipinski definition) is 8.